The van der Waals surface area contributed by atoms with Crippen LogP contribution in [0.2, 0.25) is 0 Å². The summed E-state index contributed by atoms with van der Waals surface area (Å²) in [7, 11) is 0. The van der Waals surface area contributed by atoms with Crippen molar-refractivity contribution in [3.05, 3.63) is 42.5 Å². The number of amides is 3. The molecule has 0 saturated carbocycles. The Morgan fingerprint density at radius 2 is 1.90 bits per heavy atom. The molecule has 8 heteroatoms. The molecule has 0 aliphatic carbocycles. The summed E-state index contributed by atoms with van der Waals surface area (Å²) >= 11 is 0. The van der Waals surface area contributed by atoms with Gasteiger partial charge in [-0.1, -0.05) is 37.6 Å². The Labute approximate surface area is 184 Å². The van der Waals surface area contributed by atoms with Gasteiger partial charge < -0.3 is 25.4 Å². The van der Waals surface area contributed by atoms with Crippen molar-refractivity contribution in [3.8, 4) is 5.75 Å². The van der Waals surface area contributed by atoms with Gasteiger partial charge in [-0.15, -0.1) is 6.58 Å². The molecular weight excluding hydrogens is 398 g/mol. The van der Waals surface area contributed by atoms with Gasteiger partial charge in [0.05, 0.1) is 0 Å². The molecule has 1 rings (SSSR count). The number of carbonyl (C=O) groups excluding carboxylic acids is 3. The van der Waals surface area contributed by atoms with Crippen molar-refractivity contribution in [2.45, 2.75) is 65.1 Å². The van der Waals surface area contributed by atoms with E-state index >= 15 is 0 Å². The third kappa shape index (κ3) is 8.32. The summed E-state index contributed by atoms with van der Waals surface area (Å²) in [6, 6.07) is 4.31. The van der Waals surface area contributed by atoms with Gasteiger partial charge in [0.15, 0.2) is 0 Å². The molecular formula is C23H35N3O5. The molecule has 2 unspecified atom stereocenters. The molecule has 0 spiro atoms. The number of carbonyl (C=O) groups is 3. The fourth-order valence-electron chi connectivity index (χ4n) is 2.91. The van der Waals surface area contributed by atoms with Gasteiger partial charge in [0.1, 0.15) is 23.4 Å². The first-order chi connectivity index (χ1) is 14.5. The molecule has 172 valence electrons. The summed E-state index contributed by atoms with van der Waals surface area (Å²) < 4.78 is 5.22. The van der Waals surface area contributed by atoms with Gasteiger partial charge in [-0.3, -0.25) is 9.59 Å². The molecule has 0 aromatic heterocycles. The third-order valence-electron chi connectivity index (χ3n) is 4.33. The van der Waals surface area contributed by atoms with Gasteiger partial charge in [-0.2, -0.15) is 0 Å². The molecule has 3 amide bonds. The molecule has 3 N–H and O–H groups in total. The number of unbranched alkanes of at least 4 members (excludes halogenated alkanes) is 1. The number of nitrogens with one attached hydrogen (secondary N) is 2. The van der Waals surface area contributed by atoms with Gasteiger partial charge in [0, 0.05) is 18.7 Å². The van der Waals surface area contributed by atoms with E-state index in [1.807, 2.05) is 6.92 Å². The highest BCUT2D eigenvalue weighted by Gasteiger charge is 2.35. The van der Waals surface area contributed by atoms with Crippen LogP contribution in [0.4, 0.5) is 4.79 Å². The van der Waals surface area contributed by atoms with Crippen LogP contribution in [0.25, 0.3) is 0 Å². The van der Waals surface area contributed by atoms with Crippen molar-refractivity contribution in [1.82, 2.24) is 15.5 Å². The van der Waals surface area contributed by atoms with E-state index in [0.29, 0.717) is 6.54 Å². The first kappa shape index (κ1) is 26.0. The maximum atomic E-state index is 13.2. The molecule has 1 aromatic carbocycles. The van der Waals surface area contributed by atoms with E-state index in [2.05, 4.69) is 17.2 Å². The van der Waals surface area contributed by atoms with E-state index in [4.69, 9.17) is 4.74 Å². The quantitative estimate of drug-likeness (QED) is 0.388. The van der Waals surface area contributed by atoms with Crippen LogP contribution in [0.3, 0.4) is 0 Å². The molecule has 1 aromatic rings. The lowest BCUT2D eigenvalue weighted by Gasteiger charge is -2.33. The average Bonchev–Trinajstić information content (AvgIpc) is 2.67. The van der Waals surface area contributed by atoms with Gasteiger partial charge in [-0.25, -0.2) is 4.79 Å². The maximum absolute atomic E-state index is 13.2. The largest absolute Gasteiger partial charge is 0.508 e. The van der Waals surface area contributed by atoms with Crippen LogP contribution in [0.1, 0.15) is 59.1 Å². The van der Waals surface area contributed by atoms with Crippen molar-refractivity contribution < 1.29 is 24.2 Å². The lowest BCUT2D eigenvalue weighted by atomic mass is 10.0. The van der Waals surface area contributed by atoms with E-state index in [1.165, 1.54) is 24.0 Å². The smallest absolute Gasteiger partial charge is 0.408 e. The molecule has 0 bridgehead atoms. The summed E-state index contributed by atoms with van der Waals surface area (Å²) in [6.45, 7) is 12.8. The Hall–Kier alpha value is -3.03. The standard InChI is InChI=1S/C23H35N3O5/c1-7-9-14-24-20(28)19(17-12-10-11-13-18(17)27)26(15-8-2)21(29)16(3)25-22(30)31-23(4,5)6/h8,10-13,16,19,27H,2,7,9,14-15H2,1,3-6H3,(H,24,28)(H,25,30). The monoisotopic (exact) mass is 433 g/mol. The molecule has 0 aliphatic heterocycles. The second-order valence-electron chi connectivity index (χ2n) is 8.25. The summed E-state index contributed by atoms with van der Waals surface area (Å²) in [5.41, 5.74) is -0.429. The minimum Gasteiger partial charge on any atom is -0.508 e. The highest BCUT2D eigenvalue weighted by Crippen LogP contribution is 2.29. The summed E-state index contributed by atoms with van der Waals surface area (Å²) in [5.74, 6) is -1.04. The number of alkyl carbamates (subject to hydrolysis) is 1. The van der Waals surface area contributed by atoms with Crippen LogP contribution in [0.5, 0.6) is 5.75 Å². The van der Waals surface area contributed by atoms with Gasteiger partial charge in [-0.05, 0) is 40.2 Å². The molecule has 8 nitrogen and oxygen atoms in total. The van der Waals surface area contributed by atoms with Crippen molar-refractivity contribution in [3.63, 3.8) is 0 Å². The van der Waals surface area contributed by atoms with E-state index in [0.717, 1.165) is 12.8 Å². The van der Waals surface area contributed by atoms with Crippen LogP contribution in [0, 0.1) is 0 Å². The number of hydrogen-bond donors (Lipinski definition) is 3. The first-order valence-electron chi connectivity index (χ1n) is 10.5. The van der Waals surface area contributed by atoms with Crippen LogP contribution in [-0.2, 0) is 14.3 Å². The molecule has 0 saturated heterocycles. The number of para-hydroxylation sites is 1. The highest BCUT2D eigenvalue weighted by atomic mass is 16.6. The van der Waals surface area contributed by atoms with Gasteiger partial charge >= 0.3 is 6.09 Å². The summed E-state index contributed by atoms with van der Waals surface area (Å²) in [5, 5.41) is 15.7. The second-order valence-corrected chi connectivity index (χ2v) is 8.25. The zero-order chi connectivity index (χ0) is 23.6. The number of nitrogens with zero attached hydrogens (tertiary/aromatic N) is 1. The Bertz CT molecular complexity index is 773. The predicted molar refractivity (Wildman–Crippen MR) is 120 cm³/mol. The topological polar surface area (TPSA) is 108 Å². The minimum absolute atomic E-state index is 0.0410. The minimum atomic E-state index is -1.09. The Morgan fingerprint density at radius 3 is 2.45 bits per heavy atom. The first-order valence-corrected chi connectivity index (χ1v) is 10.5. The zero-order valence-electron chi connectivity index (χ0n) is 19.1. The van der Waals surface area contributed by atoms with E-state index in [1.54, 1.807) is 39.0 Å². The number of aromatic hydroxyl groups is 1. The maximum Gasteiger partial charge on any atom is 0.408 e. The van der Waals surface area contributed by atoms with Gasteiger partial charge in [0.2, 0.25) is 11.8 Å². The van der Waals surface area contributed by atoms with Crippen LogP contribution in [-0.4, -0.2) is 52.6 Å². The molecule has 0 radical (unpaired) electrons. The number of benzene rings is 1. The van der Waals surface area contributed by atoms with E-state index in [-0.39, 0.29) is 17.9 Å². The molecule has 0 fully saturated rings. The number of hydrogen-bond acceptors (Lipinski definition) is 5. The zero-order valence-corrected chi connectivity index (χ0v) is 19.1. The third-order valence-corrected chi connectivity index (χ3v) is 4.33. The van der Waals surface area contributed by atoms with Crippen LogP contribution < -0.4 is 10.6 Å². The molecule has 2 atom stereocenters. The lowest BCUT2D eigenvalue weighted by molar-refractivity contribution is -0.141. The summed E-state index contributed by atoms with van der Waals surface area (Å²) in [6.07, 6.45) is 2.43. The summed E-state index contributed by atoms with van der Waals surface area (Å²) in [4.78, 5) is 39.7. The van der Waals surface area contributed by atoms with Crippen LogP contribution in [0.15, 0.2) is 36.9 Å². The SMILES string of the molecule is C=CCN(C(=O)C(C)NC(=O)OC(C)(C)C)C(C(=O)NCCCC)c1ccccc1O. The normalized spacial score (nSPS) is 12.9. The number of phenolic OH excluding ortho intramolecular Hbond substituents is 1. The number of rotatable bonds is 10. The number of ether oxygens (including phenoxy) is 1. The Kier molecular flexibility index (Phi) is 10.0. The predicted octanol–water partition coefficient (Wildman–Crippen LogP) is 3.28. The molecule has 0 aliphatic rings. The van der Waals surface area contributed by atoms with Crippen molar-refractivity contribution in [2.24, 2.45) is 0 Å². The van der Waals surface area contributed by atoms with Crippen molar-refractivity contribution in [1.29, 1.82) is 0 Å². The van der Waals surface area contributed by atoms with E-state index in [9.17, 15) is 19.5 Å². The molecule has 31 heavy (non-hydrogen) atoms. The lowest BCUT2D eigenvalue weighted by Crippen LogP contribution is -2.52. The highest BCUT2D eigenvalue weighted by molar-refractivity contribution is 5.92. The second kappa shape index (κ2) is 12.0. The van der Waals surface area contributed by atoms with Crippen molar-refractivity contribution >= 4 is 17.9 Å². The number of phenols is 1. The van der Waals surface area contributed by atoms with Gasteiger partial charge in [0.25, 0.3) is 0 Å². The molecule has 0 heterocycles. The average molecular weight is 434 g/mol. The fourth-order valence-corrected chi connectivity index (χ4v) is 2.91. The Morgan fingerprint density at radius 1 is 1.26 bits per heavy atom. The fraction of sp³-hybridized carbons (Fsp3) is 0.522. The van der Waals surface area contributed by atoms with Crippen molar-refractivity contribution in [2.75, 3.05) is 13.1 Å². The van der Waals surface area contributed by atoms with Crippen LogP contribution >= 0.6 is 0 Å². The van der Waals surface area contributed by atoms with E-state index < -0.39 is 35.6 Å². The Balaban J connectivity index is 3.21.